The van der Waals surface area contributed by atoms with Gasteiger partial charge in [-0.25, -0.2) is 4.57 Å². The first-order chi connectivity index (χ1) is 25.7. The molecule has 0 aliphatic heterocycles. The van der Waals surface area contributed by atoms with E-state index in [-0.39, 0.29) is 26.1 Å². The molecule has 1 N–H and O–H groups in total. The maximum Gasteiger partial charge on any atom is 0.472 e. The number of hydrogen-bond acceptors (Lipinski definition) is 8. The zero-order chi connectivity index (χ0) is 39.1. The van der Waals surface area contributed by atoms with Gasteiger partial charge in [0.25, 0.3) is 0 Å². The first-order valence-corrected chi connectivity index (χ1v) is 21.4. The van der Waals surface area contributed by atoms with E-state index in [2.05, 4.69) is 86.8 Å². The molecular formula is C43H72NO8P. The van der Waals surface area contributed by atoms with Crippen LogP contribution in [0, 0.1) is 0 Å². The van der Waals surface area contributed by atoms with Gasteiger partial charge >= 0.3 is 19.8 Å². The van der Waals surface area contributed by atoms with Crippen LogP contribution in [-0.2, 0) is 32.7 Å². The average molecular weight is 762 g/mol. The summed E-state index contributed by atoms with van der Waals surface area (Å²) in [6, 6.07) is 0. The molecule has 0 aromatic heterocycles. The highest BCUT2D eigenvalue weighted by Crippen LogP contribution is 2.43. The molecule has 53 heavy (non-hydrogen) atoms. The third-order valence-corrected chi connectivity index (χ3v) is 8.68. The SMILES string of the molecule is CC/C=C\C/C=C\C/C=C\C/C=C\C/C=C\C/C=C\CCC(=O)OCC(COP(=O)(O)OCCN(C)C)OC(=O)CCCCCCC/C=C\CCCC. The summed E-state index contributed by atoms with van der Waals surface area (Å²) in [5.74, 6) is -0.923. The lowest BCUT2D eigenvalue weighted by molar-refractivity contribution is -0.161. The van der Waals surface area contributed by atoms with Gasteiger partial charge in [0.05, 0.1) is 13.2 Å². The Kier molecular flexibility index (Phi) is 35.5. The van der Waals surface area contributed by atoms with Gasteiger partial charge < -0.3 is 19.3 Å². The standard InChI is InChI=1S/C43H72NO8P/c1-5-7-9-11-13-15-17-18-19-20-21-22-23-24-26-27-29-31-33-35-42(45)49-39-41(40-51-53(47,48)50-38-37-44(3)4)52-43(46)36-34-32-30-28-25-16-14-12-10-8-6-2/h7,9,12-15,18-19,21-22,24,26,29,31,41H,5-6,8,10-11,16-17,20,23,25,27-28,30,32-40H2,1-4H3,(H,47,48)/b9-7-,14-12-,15-13-,19-18-,22-21-,26-24-,31-29-. The van der Waals surface area contributed by atoms with Gasteiger partial charge in [-0.05, 0) is 84.7 Å². The lowest BCUT2D eigenvalue weighted by atomic mass is 10.1. The van der Waals surface area contributed by atoms with Gasteiger partial charge in [0, 0.05) is 19.4 Å². The number of likely N-dealkylation sites (N-methyl/N-ethyl adjacent to an activating group) is 1. The van der Waals surface area contributed by atoms with E-state index in [1.807, 2.05) is 26.2 Å². The second-order valence-corrected chi connectivity index (χ2v) is 14.5. The molecule has 0 spiro atoms. The Morgan fingerprint density at radius 2 is 1.11 bits per heavy atom. The molecule has 0 heterocycles. The Morgan fingerprint density at radius 1 is 0.604 bits per heavy atom. The molecule has 0 amide bonds. The predicted octanol–water partition coefficient (Wildman–Crippen LogP) is 11.1. The topological polar surface area (TPSA) is 112 Å². The van der Waals surface area contributed by atoms with Crippen molar-refractivity contribution in [2.75, 3.05) is 40.5 Å². The molecule has 2 atom stereocenters. The summed E-state index contributed by atoms with van der Waals surface area (Å²) >= 11 is 0. The molecule has 10 heteroatoms. The van der Waals surface area contributed by atoms with E-state index in [9.17, 15) is 19.0 Å². The Morgan fingerprint density at radius 3 is 1.68 bits per heavy atom. The number of hydrogen-bond donors (Lipinski definition) is 1. The Hall–Kier alpha value is -2.81. The van der Waals surface area contributed by atoms with Gasteiger partial charge in [-0.3, -0.25) is 18.6 Å². The number of carbonyl (C=O) groups is 2. The van der Waals surface area contributed by atoms with Gasteiger partial charge in [-0.15, -0.1) is 0 Å². The monoisotopic (exact) mass is 761 g/mol. The number of carbonyl (C=O) groups excluding carboxylic acids is 2. The van der Waals surface area contributed by atoms with Gasteiger partial charge in [-0.1, -0.05) is 131 Å². The van der Waals surface area contributed by atoms with Gasteiger partial charge in [0.2, 0.25) is 0 Å². The molecule has 0 aromatic rings. The second-order valence-electron chi connectivity index (χ2n) is 13.1. The van der Waals surface area contributed by atoms with Crippen LogP contribution in [0.25, 0.3) is 0 Å². The van der Waals surface area contributed by atoms with E-state index < -0.39 is 32.5 Å². The van der Waals surface area contributed by atoms with Crippen molar-refractivity contribution in [2.45, 2.75) is 136 Å². The molecule has 0 radical (unpaired) electrons. The molecule has 0 rings (SSSR count). The molecule has 0 aliphatic rings. The lowest BCUT2D eigenvalue weighted by Gasteiger charge is -2.20. The van der Waals surface area contributed by atoms with E-state index >= 15 is 0 Å². The number of allylic oxidation sites excluding steroid dienone is 14. The fourth-order valence-electron chi connectivity index (χ4n) is 4.63. The molecule has 0 aliphatic carbocycles. The molecule has 9 nitrogen and oxygen atoms in total. The molecular weight excluding hydrogens is 689 g/mol. The van der Waals surface area contributed by atoms with Crippen molar-refractivity contribution in [3.8, 4) is 0 Å². The highest BCUT2D eigenvalue weighted by Gasteiger charge is 2.26. The van der Waals surface area contributed by atoms with Crippen LogP contribution in [0.3, 0.4) is 0 Å². The minimum Gasteiger partial charge on any atom is -0.462 e. The van der Waals surface area contributed by atoms with Crippen LogP contribution in [-0.4, -0.2) is 68.3 Å². The summed E-state index contributed by atoms with van der Waals surface area (Å²) in [6.45, 7) is 4.03. The number of esters is 2. The minimum atomic E-state index is -4.38. The van der Waals surface area contributed by atoms with E-state index in [1.165, 1.54) is 12.8 Å². The van der Waals surface area contributed by atoms with Crippen LogP contribution < -0.4 is 0 Å². The van der Waals surface area contributed by atoms with Crippen molar-refractivity contribution in [3.63, 3.8) is 0 Å². The fourth-order valence-corrected chi connectivity index (χ4v) is 5.37. The maximum absolute atomic E-state index is 12.6. The smallest absolute Gasteiger partial charge is 0.462 e. The normalized spacial score (nSPS) is 14.4. The minimum absolute atomic E-state index is 0.00996. The first-order valence-electron chi connectivity index (χ1n) is 19.9. The van der Waals surface area contributed by atoms with Crippen LogP contribution in [0.2, 0.25) is 0 Å². The van der Waals surface area contributed by atoms with Crippen LogP contribution >= 0.6 is 7.82 Å². The Labute approximate surface area is 322 Å². The van der Waals surface area contributed by atoms with Crippen molar-refractivity contribution in [2.24, 2.45) is 0 Å². The number of phosphoric acid groups is 1. The highest BCUT2D eigenvalue weighted by molar-refractivity contribution is 7.47. The highest BCUT2D eigenvalue weighted by atomic mass is 31.2. The Balaban J connectivity index is 4.47. The summed E-state index contributed by atoms with van der Waals surface area (Å²) in [5.41, 5.74) is 0. The first kappa shape index (κ1) is 50.2. The summed E-state index contributed by atoms with van der Waals surface area (Å²) in [5, 5.41) is 0. The fraction of sp³-hybridized carbons (Fsp3) is 0.628. The number of nitrogens with zero attached hydrogens (tertiary/aromatic N) is 1. The summed E-state index contributed by atoms with van der Waals surface area (Å²) < 4.78 is 33.2. The van der Waals surface area contributed by atoms with Crippen LogP contribution in [0.1, 0.15) is 129 Å². The van der Waals surface area contributed by atoms with E-state index in [1.54, 1.807) is 4.90 Å². The number of rotatable bonds is 35. The van der Waals surface area contributed by atoms with Crippen LogP contribution in [0.5, 0.6) is 0 Å². The van der Waals surface area contributed by atoms with Gasteiger partial charge in [-0.2, -0.15) is 0 Å². The van der Waals surface area contributed by atoms with Crippen LogP contribution in [0.4, 0.5) is 0 Å². The van der Waals surface area contributed by atoms with E-state index in [4.69, 9.17) is 18.5 Å². The zero-order valence-electron chi connectivity index (χ0n) is 33.4. The van der Waals surface area contributed by atoms with Crippen LogP contribution in [0.15, 0.2) is 85.1 Å². The molecule has 302 valence electrons. The average Bonchev–Trinajstić information content (AvgIpc) is 3.12. The van der Waals surface area contributed by atoms with E-state index in [0.717, 1.165) is 77.0 Å². The molecule has 0 saturated carbocycles. The summed E-state index contributed by atoms with van der Waals surface area (Å²) in [7, 11) is -0.757. The quantitative estimate of drug-likeness (QED) is 0.0292. The third-order valence-electron chi connectivity index (χ3n) is 7.70. The molecule has 0 aromatic carbocycles. The largest absolute Gasteiger partial charge is 0.472 e. The summed E-state index contributed by atoms with van der Waals surface area (Å²) in [4.78, 5) is 36.8. The Bertz CT molecular complexity index is 1150. The number of unbranched alkanes of at least 4 members (excludes halogenated alkanes) is 7. The second kappa shape index (κ2) is 37.5. The van der Waals surface area contributed by atoms with Crippen molar-refractivity contribution in [1.82, 2.24) is 4.90 Å². The van der Waals surface area contributed by atoms with Crippen molar-refractivity contribution in [1.29, 1.82) is 0 Å². The van der Waals surface area contributed by atoms with E-state index in [0.29, 0.717) is 19.4 Å². The lowest BCUT2D eigenvalue weighted by Crippen LogP contribution is -2.29. The molecule has 2 unspecified atom stereocenters. The third kappa shape index (κ3) is 38.7. The summed E-state index contributed by atoms with van der Waals surface area (Å²) in [6.07, 6.45) is 45.1. The number of phosphoric ester groups is 1. The number of ether oxygens (including phenoxy) is 2. The molecule has 0 bridgehead atoms. The van der Waals surface area contributed by atoms with Crippen molar-refractivity contribution >= 4 is 19.8 Å². The maximum atomic E-state index is 12.6. The van der Waals surface area contributed by atoms with Crippen molar-refractivity contribution < 1.29 is 37.6 Å². The molecule has 0 fully saturated rings. The molecule has 0 saturated heterocycles. The van der Waals surface area contributed by atoms with Gasteiger partial charge in [0.1, 0.15) is 6.61 Å². The van der Waals surface area contributed by atoms with Crippen molar-refractivity contribution in [3.05, 3.63) is 85.1 Å². The van der Waals surface area contributed by atoms with Gasteiger partial charge in [0.15, 0.2) is 6.10 Å². The zero-order valence-corrected chi connectivity index (χ0v) is 34.3. The predicted molar refractivity (Wildman–Crippen MR) is 220 cm³/mol.